The first-order chi connectivity index (χ1) is 8.29. The van der Waals surface area contributed by atoms with Crippen molar-refractivity contribution < 1.29 is 23.1 Å². The van der Waals surface area contributed by atoms with E-state index >= 15 is 0 Å². The van der Waals surface area contributed by atoms with Crippen LogP contribution in [0.25, 0.3) is 10.9 Å². The second-order valence-electron chi connectivity index (χ2n) is 3.89. The van der Waals surface area contributed by atoms with Gasteiger partial charge in [-0.3, -0.25) is 9.48 Å². The van der Waals surface area contributed by atoms with Crippen LogP contribution in [0.15, 0.2) is 18.2 Å². The molecule has 0 unspecified atom stereocenters. The molecule has 96 valence electrons. The van der Waals surface area contributed by atoms with Gasteiger partial charge in [-0.2, -0.15) is 18.3 Å². The normalized spacial score (nSPS) is 12.0. The molecule has 7 heteroatoms. The van der Waals surface area contributed by atoms with Crippen LogP contribution < -0.4 is 0 Å². The van der Waals surface area contributed by atoms with Crippen LogP contribution in [0.3, 0.4) is 0 Å². The average Bonchev–Trinajstić information content (AvgIpc) is 2.51. The Balaban J connectivity index is 2.58. The monoisotopic (exact) mass is 258 g/mol. The lowest BCUT2D eigenvalue weighted by atomic mass is 10.1. The molecule has 1 aromatic carbocycles. The van der Waals surface area contributed by atoms with Gasteiger partial charge in [0, 0.05) is 12.4 Å². The molecular formula is C11H9F3N2O2. The number of alkyl halides is 3. The predicted octanol–water partition coefficient (Wildman–Crippen LogP) is 2.22. The van der Waals surface area contributed by atoms with Gasteiger partial charge in [0.2, 0.25) is 0 Å². The standard InChI is InChI=1S/C11H9F3N2O2/c1-16-10(11(12,13)14)7-3-2-6(5-9(17)18)4-8(7)15-16/h2-4H,5H2,1H3,(H,17,18). The van der Waals surface area contributed by atoms with Crippen molar-refractivity contribution in [1.29, 1.82) is 0 Å². The van der Waals surface area contributed by atoms with Gasteiger partial charge in [-0.05, 0) is 11.6 Å². The molecule has 0 saturated carbocycles. The summed E-state index contributed by atoms with van der Waals surface area (Å²) >= 11 is 0. The summed E-state index contributed by atoms with van der Waals surface area (Å²) in [5.41, 5.74) is -0.273. The van der Waals surface area contributed by atoms with Crippen molar-refractivity contribution in [2.75, 3.05) is 0 Å². The van der Waals surface area contributed by atoms with Gasteiger partial charge < -0.3 is 5.11 Å². The lowest BCUT2D eigenvalue weighted by Gasteiger charge is -2.06. The zero-order valence-corrected chi connectivity index (χ0v) is 9.32. The molecule has 2 rings (SSSR count). The molecule has 1 heterocycles. The number of rotatable bonds is 2. The van der Waals surface area contributed by atoms with Gasteiger partial charge in [-0.15, -0.1) is 0 Å². The number of carbonyl (C=O) groups is 1. The molecule has 0 spiro atoms. The molecule has 18 heavy (non-hydrogen) atoms. The fraction of sp³-hybridized carbons (Fsp3) is 0.273. The highest BCUT2D eigenvalue weighted by Crippen LogP contribution is 2.34. The lowest BCUT2D eigenvalue weighted by Crippen LogP contribution is -2.11. The van der Waals surface area contributed by atoms with Gasteiger partial charge in [0.05, 0.1) is 11.9 Å². The Bertz CT molecular complexity index is 617. The van der Waals surface area contributed by atoms with Crippen LogP contribution in [0.4, 0.5) is 13.2 Å². The molecule has 1 N–H and O–H groups in total. The number of halogens is 3. The number of hydrogen-bond acceptors (Lipinski definition) is 2. The van der Waals surface area contributed by atoms with Crippen molar-refractivity contribution in [3.63, 3.8) is 0 Å². The molecule has 0 aliphatic carbocycles. The number of aliphatic carboxylic acids is 1. The maximum Gasteiger partial charge on any atom is 0.433 e. The van der Waals surface area contributed by atoms with Crippen LogP contribution >= 0.6 is 0 Å². The van der Waals surface area contributed by atoms with E-state index in [1.54, 1.807) is 0 Å². The SMILES string of the molecule is Cn1nc2cc(CC(=O)O)ccc2c1C(F)(F)F. The van der Waals surface area contributed by atoms with E-state index in [9.17, 15) is 18.0 Å². The summed E-state index contributed by atoms with van der Waals surface area (Å²) in [5.74, 6) is -1.04. The summed E-state index contributed by atoms with van der Waals surface area (Å²) in [7, 11) is 1.21. The molecule has 0 saturated heterocycles. The minimum absolute atomic E-state index is 0.0286. The molecule has 0 bridgehead atoms. The molecule has 0 aliphatic heterocycles. The number of nitrogens with zero attached hydrogens (tertiary/aromatic N) is 2. The summed E-state index contributed by atoms with van der Waals surface area (Å²) in [6, 6.07) is 3.98. The highest BCUT2D eigenvalue weighted by atomic mass is 19.4. The number of benzene rings is 1. The number of hydrogen-bond donors (Lipinski definition) is 1. The minimum Gasteiger partial charge on any atom is -0.481 e. The molecule has 2 aromatic rings. The molecule has 4 nitrogen and oxygen atoms in total. The van der Waals surface area contributed by atoms with Crippen LogP contribution in [0, 0.1) is 0 Å². The average molecular weight is 258 g/mol. The molecular weight excluding hydrogens is 249 g/mol. The quantitative estimate of drug-likeness (QED) is 0.898. The van der Waals surface area contributed by atoms with Crippen molar-refractivity contribution in [2.24, 2.45) is 7.05 Å². The summed E-state index contributed by atoms with van der Waals surface area (Å²) in [6.07, 6.45) is -4.73. The number of carboxylic acid groups (broad SMARTS) is 1. The Hall–Kier alpha value is -2.05. The van der Waals surface area contributed by atoms with Crippen molar-refractivity contribution in [1.82, 2.24) is 9.78 Å². The fourth-order valence-corrected chi connectivity index (χ4v) is 1.87. The van der Waals surface area contributed by atoms with Crippen molar-refractivity contribution in [3.05, 3.63) is 29.5 Å². The highest BCUT2D eigenvalue weighted by Gasteiger charge is 2.36. The van der Waals surface area contributed by atoms with Crippen molar-refractivity contribution in [3.8, 4) is 0 Å². The largest absolute Gasteiger partial charge is 0.481 e. The van der Waals surface area contributed by atoms with Crippen molar-refractivity contribution in [2.45, 2.75) is 12.6 Å². The molecule has 0 aliphatic rings. The Morgan fingerprint density at radius 1 is 1.44 bits per heavy atom. The maximum atomic E-state index is 12.8. The zero-order valence-electron chi connectivity index (χ0n) is 9.32. The summed E-state index contributed by atoms with van der Waals surface area (Å²) in [5, 5.41) is 12.3. The Kier molecular flexibility index (Phi) is 2.76. The minimum atomic E-state index is -4.49. The van der Waals surface area contributed by atoms with Gasteiger partial charge in [-0.25, -0.2) is 0 Å². The topological polar surface area (TPSA) is 55.1 Å². The van der Waals surface area contributed by atoms with Crippen LogP contribution in [-0.2, 0) is 24.4 Å². The van der Waals surface area contributed by atoms with Gasteiger partial charge in [0.1, 0.15) is 5.69 Å². The third-order valence-corrected chi connectivity index (χ3v) is 2.52. The zero-order chi connectivity index (χ0) is 13.5. The number of fused-ring (bicyclic) bond motifs is 1. The fourth-order valence-electron chi connectivity index (χ4n) is 1.87. The lowest BCUT2D eigenvalue weighted by molar-refractivity contribution is -0.142. The van der Waals surface area contributed by atoms with E-state index in [0.29, 0.717) is 5.56 Å². The van der Waals surface area contributed by atoms with E-state index in [4.69, 9.17) is 5.11 Å². The van der Waals surface area contributed by atoms with E-state index in [0.717, 1.165) is 4.68 Å². The first kappa shape index (κ1) is 12.4. The van der Waals surface area contributed by atoms with Gasteiger partial charge in [0.15, 0.2) is 0 Å². The molecule has 0 fully saturated rings. The second-order valence-corrected chi connectivity index (χ2v) is 3.89. The van der Waals surface area contributed by atoms with Gasteiger partial charge >= 0.3 is 12.1 Å². The maximum absolute atomic E-state index is 12.8. The molecule has 1 aromatic heterocycles. The number of aryl methyl sites for hydroxylation is 1. The molecule has 0 atom stereocenters. The second kappa shape index (κ2) is 4.01. The van der Waals surface area contributed by atoms with Crippen molar-refractivity contribution >= 4 is 16.9 Å². The van der Waals surface area contributed by atoms with Gasteiger partial charge in [0.25, 0.3) is 0 Å². The van der Waals surface area contributed by atoms with E-state index in [1.807, 2.05) is 0 Å². The van der Waals surface area contributed by atoms with Crippen LogP contribution in [0.2, 0.25) is 0 Å². The van der Waals surface area contributed by atoms with E-state index in [-0.39, 0.29) is 17.3 Å². The summed E-state index contributed by atoms with van der Waals surface area (Å²) in [4.78, 5) is 10.5. The number of carboxylic acids is 1. The predicted molar refractivity (Wildman–Crippen MR) is 57.1 cm³/mol. The Morgan fingerprint density at radius 2 is 2.11 bits per heavy atom. The highest BCUT2D eigenvalue weighted by molar-refractivity contribution is 5.84. The van der Waals surface area contributed by atoms with E-state index in [2.05, 4.69) is 5.10 Å². The first-order valence-corrected chi connectivity index (χ1v) is 5.03. The first-order valence-electron chi connectivity index (χ1n) is 5.03. The summed E-state index contributed by atoms with van der Waals surface area (Å²) < 4.78 is 39.1. The smallest absolute Gasteiger partial charge is 0.433 e. The van der Waals surface area contributed by atoms with Gasteiger partial charge in [-0.1, -0.05) is 12.1 Å². The third kappa shape index (κ3) is 2.15. The van der Waals surface area contributed by atoms with E-state index in [1.165, 1.54) is 25.2 Å². The van der Waals surface area contributed by atoms with Crippen LogP contribution in [0.1, 0.15) is 11.3 Å². The Morgan fingerprint density at radius 3 is 2.67 bits per heavy atom. The summed E-state index contributed by atoms with van der Waals surface area (Å²) in [6.45, 7) is 0. The van der Waals surface area contributed by atoms with E-state index < -0.39 is 17.8 Å². The Labute approximate surface area is 99.6 Å². The third-order valence-electron chi connectivity index (χ3n) is 2.52. The van der Waals surface area contributed by atoms with Crippen LogP contribution in [-0.4, -0.2) is 20.9 Å². The molecule has 0 radical (unpaired) electrons. The molecule has 0 amide bonds. The number of aromatic nitrogens is 2. The van der Waals surface area contributed by atoms with Crippen LogP contribution in [0.5, 0.6) is 0 Å².